The van der Waals surface area contributed by atoms with Gasteiger partial charge in [0.15, 0.2) is 0 Å². The molecule has 122 valence electrons. The molecule has 0 aliphatic rings. The van der Waals surface area contributed by atoms with Gasteiger partial charge in [-0.2, -0.15) is 0 Å². The number of carbonyl (C=O) groups is 2. The molecule has 2 amide bonds. The van der Waals surface area contributed by atoms with E-state index in [0.717, 1.165) is 17.7 Å². The van der Waals surface area contributed by atoms with E-state index < -0.39 is 6.04 Å². The van der Waals surface area contributed by atoms with Crippen LogP contribution in [0.5, 0.6) is 0 Å². The van der Waals surface area contributed by atoms with E-state index in [4.69, 9.17) is 0 Å². The van der Waals surface area contributed by atoms with E-state index >= 15 is 0 Å². The highest BCUT2D eigenvalue weighted by Gasteiger charge is 2.25. The summed E-state index contributed by atoms with van der Waals surface area (Å²) in [6.45, 7) is 5.89. The summed E-state index contributed by atoms with van der Waals surface area (Å²) in [7, 11) is 0. The van der Waals surface area contributed by atoms with E-state index in [-0.39, 0.29) is 17.7 Å². The molecule has 2 aromatic rings. The van der Waals surface area contributed by atoms with E-state index in [9.17, 15) is 9.59 Å². The second kappa shape index (κ2) is 7.92. The molecule has 0 radical (unpaired) electrons. The molecule has 0 aliphatic carbocycles. The lowest BCUT2D eigenvalue weighted by Gasteiger charge is -2.22. The Balaban J connectivity index is 2.11. The van der Waals surface area contributed by atoms with Crippen LogP contribution in [0, 0.1) is 5.92 Å². The first-order valence-electron chi connectivity index (χ1n) is 7.76. The molecule has 1 unspecified atom stereocenters. The highest BCUT2D eigenvalue weighted by Crippen LogP contribution is 2.17. The number of carbonyl (C=O) groups excluding carboxylic acids is 2. The van der Waals surface area contributed by atoms with Gasteiger partial charge in [0, 0.05) is 5.69 Å². The van der Waals surface area contributed by atoms with Gasteiger partial charge < -0.3 is 10.6 Å². The molecule has 0 saturated carbocycles. The van der Waals surface area contributed by atoms with Crippen molar-refractivity contribution in [1.29, 1.82) is 0 Å². The van der Waals surface area contributed by atoms with Crippen LogP contribution in [-0.2, 0) is 11.2 Å². The van der Waals surface area contributed by atoms with Crippen LogP contribution in [0.2, 0.25) is 0 Å². The van der Waals surface area contributed by atoms with Crippen LogP contribution >= 0.6 is 11.3 Å². The average Bonchev–Trinajstić information content (AvgIpc) is 3.07. The fourth-order valence-electron chi connectivity index (χ4n) is 2.32. The van der Waals surface area contributed by atoms with Crippen molar-refractivity contribution >= 4 is 28.8 Å². The molecule has 0 spiro atoms. The predicted octanol–water partition coefficient (Wildman–Crippen LogP) is 3.70. The number of rotatable bonds is 6. The van der Waals surface area contributed by atoms with Crippen LogP contribution in [0.15, 0.2) is 41.8 Å². The van der Waals surface area contributed by atoms with Crippen LogP contribution in [0.1, 0.15) is 36.0 Å². The molecule has 2 N–H and O–H groups in total. The first-order valence-corrected chi connectivity index (χ1v) is 8.64. The number of thiophene rings is 1. The van der Waals surface area contributed by atoms with Crippen LogP contribution in [0.4, 0.5) is 5.69 Å². The van der Waals surface area contributed by atoms with Gasteiger partial charge in [-0.15, -0.1) is 11.3 Å². The van der Waals surface area contributed by atoms with Crippen molar-refractivity contribution in [2.24, 2.45) is 5.92 Å². The first kappa shape index (κ1) is 17.2. The van der Waals surface area contributed by atoms with Gasteiger partial charge in [-0.05, 0) is 35.4 Å². The zero-order valence-corrected chi connectivity index (χ0v) is 14.4. The van der Waals surface area contributed by atoms with Gasteiger partial charge in [0.25, 0.3) is 5.91 Å². The molecule has 1 aromatic carbocycles. The summed E-state index contributed by atoms with van der Waals surface area (Å²) in [4.78, 5) is 25.4. The maximum atomic E-state index is 12.6. The molecule has 0 fully saturated rings. The molecule has 0 bridgehead atoms. The van der Waals surface area contributed by atoms with E-state index in [0.29, 0.717) is 4.88 Å². The summed E-state index contributed by atoms with van der Waals surface area (Å²) in [5.41, 5.74) is 1.88. The normalized spacial score (nSPS) is 12.0. The summed E-state index contributed by atoms with van der Waals surface area (Å²) >= 11 is 1.36. The molecule has 0 saturated heterocycles. The van der Waals surface area contributed by atoms with Crippen LogP contribution < -0.4 is 10.6 Å². The molecule has 5 heteroatoms. The quantitative estimate of drug-likeness (QED) is 0.848. The molecule has 23 heavy (non-hydrogen) atoms. The van der Waals surface area contributed by atoms with Gasteiger partial charge in [0.1, 0.15) is 6.04 Å². The third-order valence-electron chi connectivity index (χ3n) is 3.64. The molecule has 1 atom stereocenters. The highest BCUT2D eigenvalue weighted by molar-refractivity contribution is 7.12. The van der Waals surface area contributed by atoms with Gasteiger partial charge in [-0.25, -0.2) is 0 Å². The topological polar surface area (TPSA) is 58.2 Å². The summed E-state index contributed by atoms with van der Waals surface area (Å²) < 4.78 is 0. The standard InChI is InChI=1S/C18H22N2O2S/c1-4-13-8-5-6-9-14(13)19-18(22)16(12(2)3)20-17(21)15-10-7-11-23-15/h5-12,16H,4H2,1-3H3,(H,19,22)(H,20,21). The van der Waals surface area contributed by atoms with Crippen molar-refractivity contribution < 1.29 is 9.59 Å². The minimum absolute atomic E-state index is 0.00676. The number of nitrogens with one attached hydrogen (secondary N) is 2. The molecule has 0 aliphatic heterocycles. The lowest BCUT2D eigenvalue weighted by molar-refractivity contribution is -0.118. The van der Waals surface area contributed by atoms with E-state index in [2.05, 4.69) is 10.6 Å². The Labute approximate surface area is 140 Å². The number of hydrogen-bond donors (Lipinski definition) is 2. The van der Waals surface area contributed by atoms with Crippen LogP contribution in [-0.4, -0.2) is 17.9 Å². The van der Waals surface area contributed by atoms with Crippen molar-refractivity contribution in [1.82, 2.24) is 5.32 Å². The second-order valence-electron chi connectivity index (χ2n) is 5.67. The Hall–Kier alpha value is -2.14. The van der Waals surface area contributed by atoms with Crippen molar-refractivity contribution in [2.45, 2.75) is 33.2 Å². The number of benzene rings is 1. The maximum Gasteiger partial charge on any atom is 0.262 e. The summed E-state index contributed by atoms with van der Waals surface area (Å²) in [5.74, 6) is -0.406. The number of amides is 2. The Bertz CT molecular complexity index is 665. The Morgan fingerprint density at radius 1 is 1.13 bits per heavy atom. The number of anilines is 1. The Morgan fingerprint density at radius 2 is 1.87 bits per heavy atom. The highest BCUT2D eigenvalue weighted by atomic mass is 32.1. The first-order chi connectivity index (χ1) is 11.0. The second-order valence-corrected chi connectivity index (χ2v) is 6.62. The SMILES string of the molecule is CCc1ccccc1NC(=O)C(NC(=O)c1cccs1)C(C)C. The molecular weight excluding hydrogens is 308 g/mol. The van der Waals surface area contributed by atoms with Crippen LogP contribution in [0.3, 0.4) is 0 Å². The van der Waals surface area contributed by atoms with Gasteiger partial charge in [0.05, 0.1) is 4.88 Å². The van der Waals surface area contributed by atoms with Gasteiger partial charge in [-0.3, -0.25) is 9.59 Å². The Kier molecular flexibility index (Phi) is 5.93. The van der Waals surface area contributed by atoms with E-state index in [1.54, 1.807) is 6.07 Å². The zero-order chi connectivity index (χ0) is 16.8. The molecule has 1 heterocycles. The van der Waals surface area contributed by atoms with Gasteiger partial charge in [0.2, 0.25) is 5.91 Å². The lowest BCUT2D eigenvalue weighted by atomic mass is 10.0. The monoisotopic (exact) mass is 330 g/mol. The molecule has 2 rings (SSSR count). The molecule has 4 nitrogen and oxygen atoms in total. The Morgan fingerprint density at radius 3 is 2.48 bits per heavy atom. The molecule has 1 aromatic heterocycles. The number of hydrogen-bond acceptors (Lipinski definition) is 3. The smallest absolute Gasteiger partial charge is 0.262 e. The zero-order valence-electron chi connectivity index (χ0n) is 13.6. The summed E-state index contributed by atoms with van der Waals surface area (Å²) in [6.07, 6.45) is 0.838. The minimum atomic E-state index is -0.575. The predicted molar refractivity (Wildman–Crippen MR) is 94.9 cm³/mol. The van der Waals surface area contributed by atoms with E-state index in [1.807, 2.05) is 56.5 Å². The van der Waals surface area contributed by atoms with Gasteiger partial charge >= 0.3 is 0 Å². The van der Waals surface area contributed by atoms with Crippen molar-refractivity contribution in [3.8, 4) is 0 Å². The van der Waals surface area contributed by atoms with Gasteiger partial charge in [-0.1, -0.05) is 45.0 Å². The van der Waals surface area contributed by atoms with Crippen molar-refractivity contribution in [3.63, 3.8) is 0 Å². The fourth-order valence-corrected chi connectivity index (χ4v) is 2.94. The third-order valence-corrected chi connectivity index (χ3v) is 4.51. The minimum Gasteiger partial charge on any atom is -0.339 e. The lowest BCUT2D eigenvalue weighted by Crippen LogP contribution is -2.47. The average molecular weight is 330 g/mol. The number of para-hydroxylation sites is 1. The number of aryl methyl sites for hydroxylation is 1. The molecular formula is C18H22N2O2S. The van der Waals surface area contributed by atoms with Crippen molar-refractivity contribution in [3.05, 3.63) is 52.2 Å². The summed E-state index contributed by atoms with van der Waals surface area (Å²) in [5, 5.41) is 7.62. The fraction of sp³-hybridized carbons (Fsp3) is 0.333. The van der Waals surface area contributed by atoms with Crippen LogP contribution in [0.25, 0.3) is 0 Å². The maximum absolute atomic E-state index is 12.6. The largest absolute Gasteiger partial charge is 0.339 e. The summed E-state index contributed by atoms with van der Waals surface area (Å²) in [6, 6.07) is 10.7. The third kappa shape index (κ3) is 4.42. The van der Waals surface area contributed by atoms with Crippen molar-refractivity contribution in [2.75, 3.05) is 5.32 Å². The van der Waals surface area contributed by atoms with E-state index in [1.165, 1.54) is 11.3 Å².